The van der Waals surface area contributed by atoms with Gasteiger partial charge in [0.25, 0.3) is 0 Å². The normalized spacial score (nSPS) is 10.3. The first-order valence-corrected chi connectivity index (χ1v) is 7.39. The van der Waals surface area contributed by atoms with Crippen molar-refractivity contribution in [3.05, 3.63) is 71.3 Å². The Balaban J connectivity index is 1.95. The van der Waals surface area contributed by atoms with Crippen LogP contribution >= 0.6 is 0 Å². The van der Waals surface area contributed by atoms with E-state index in [0.717, 1.165) is 16.9 Å². The van der Waals surface area contributed by atoms with Gasteiger partial charge in [0.2, 0.25) is 5.91 Å². The Kier molecular flexibility index (Phi) is 5.96. The highest BCUT2D eigenvalue weighted by Gasteiger charge is 2.01. The van der Waals surface area contributed by atoms with Gasteiger partial charge in [0.15, 0.2) is 0 Å². The molecule has 0 aromatic heterocycles. The molecule has 0 aliphatic carbocycles. The lowest BCUT2D eigenvalue weighted by Crippen LogP contribution is -2.20. The number of nitrogens with one attached hydrogen (secondary N) is 1. The number of carbonyl (C=O) groups excluding carboxylic acids is 1. The molecular weight excluding hydrogens is 288 g/mol. The van der Waals surface area contributed by atoms with Gasteiger partial charge in [-0.3, -0.25) is 4.79 Å². The molecule has 0 aliphatic rings. The van der Waals surface area contributed by atoms with E-state index in [4.69, 9.17) is 10.00 Å². The topological polar surface area (TPSA) is 62.1 Å². The molecule has 0 spiro atoms. The monoisotopic (exact) mass is 306 g/mol. The average Bonchev–Trinajstić information content (AvgIpc) is 2.59. The summed E-state index contributed by atoms with van der Waals surface area (Å²) in [7, 11) is 0. The lowest BCUT2D eigenvalue weighted by atomic mass is 10.1. The van der Waals surface area contributed by atoms with Gasteiger partial charge in [0, 0.05) is 18.2 Å². The zero-order chi connectivity index (χ0) is 16.5. The highest BCUT2D eigenvalue weighted by molar-refractivity contribution is 5.92. The first kappa shape index (κ1) is 16.3. The van der Waals surface area contributed by atoms with Gasteiger partial charge in [-0.15, -0.1) is 0 Å². The average molecular weight is 306 g/mol. The van der Waals surface area contributed by atoms with Gasteiger partial charge >= 0.3 is 0 Å². The fraction of sp³-hybridized carbons (Fsp3) is 0.158. The van der Waals surface area contributed by atoms with Crippen LogP contribution in [-0.4, -0.2) is 12.5 Å². The third kappa shape index (κ3) is 5.01. The third-order valence-corrected chi connectivity index (χ3v) is 3.16. The quantitative estimate of drug-likeness (QED) is 0.833. The van der Waals surface area contributed by atoms with Crippen molar-refractivity contribution in [1.29, 1.82) is 5.26 Å². The maximum absolute atomic E-state index is 11.9. The Morgan fingerprint density at radius 3 is 2.87 bits per heavy atom. The maximum Gasteiger partial charge on any atom is 0.244 e. The minimum absolute atomic E-state index is 0.196. The number of ether oxygens (including phenoxy) is 1. The number of hydrogen-bond donors (Lipinski definition) is 1. The predicted molar refractivity (Wildman–Crippen MR) is 89.6 cm³/mol. The molecule has 0 saturated carbocycles. The molecule has 1 amide bonds. The van der Waals surface area contributed by atoms with E-state index in [0.29, 0.717) is 18.7 Å². The van der Waals surface area contributed by atoms with Crippen molar-refractivity contribution in [2.75, 3.05) is 6.61 Å². The SMILES string of the molecule is CCOc1ccccc1/C=C/C(=O)NCc1cccc(C#N)c1. The molecule has 2 rings (SSSR count). The summed E-state index contributed by atoms with van der Waals surface area (Å²) in [5, 5.41) is 11.7. The van der Waals surface area contributed by atoms with E-state index < -0.39 is 0 Å². The Morgan fingerprint density at radius 2 is 2.09 bits per heavy atom. The first-order chi connectivity index (χ1) is 11.2. The molecule has 0 saturated heterocycles. The number of amides is 1. The minimum Gasteiger partial charge on any atom is -0.493 e. The smallest absolute Gasteiger partial charge is 0.244 e. The molecule has 0 aliphatic heterocycles. The van der Waals surface area contributed by atoms with Crippen molar-refractivity contribution >= 4 is 12.0 Å². The molecule has 1 N–H and O–H groups in total. The van der Waals surface area contributed by atoms with Gasteiger partial charge in [-0.2, -0.15) is 5.26 Å². The fourth-order valence-electron chi connectivity index (χ4n) is 2.07. The summed E-state index contributed by atoms with van der Waals surface area (Å²) in [4.78, 5) is 11.9. The first-order valence-electron chi connectivity index (χ1n) is 7.39. The molecule has 2 aromatic rings. The molecule has 116 valence electrons. The van der Waals surface area contributed by atoms with E-state index in [1.807, 2.05) is 37.3 Å². The van der Waals surface area contributed by atoms with Crippen LogP contribution in [0.4, 0.5) is 0 Å². The number of hydrogen-bond acceptors (Lipinski definition) is 3. The summed E-state index contributed by atoms with van der Waals surface area (Å²) in [6.07, 6.45) is 3.21. The lowest BCUT2D eigenvalue weighted by molar-refractivity contribution is -0.116. The van der Waals surface area contributed by atoms with Crippen LogP contribution in [0.15, 0.2) is 54.6 Å². The maximum atomic E-state index is 11.9. The van der Waals surface area contributed by atoms with Crippen LogP contribution in [0, 0.1) is 11.3 Å². The third-order valence-electron chi connectivity index (χ3n) is 3.16. The lowest BCUT2D eigenvalue weighted by Gasteiger charge is -2.06. The Hall–Kier alpha value is -3.06. The van der Waals surface area contributed by atoms with E-state index in [-0.39, 0.29) is 5.91 Å². The highest BCUT2D eigenvalue weighted by atomic mass is 16.5. The van der Waals surface area contributed by atoms with Crippen LogP contribution in [-0.2, 0) is 11.3 Å². The van der Waals surface area contributed by atoms with Gasteiger partial charge < -0.3 is 10.1 Å². The summed E-state index contributed by atoms with van der Waals surface area (Å²) in [6.45, 7) is 2.88. The number of carbonyl (C=O) groups is 1. The number of nitrogens with zero attached hydrogens (tertiary/aromatic N) is 1. The van der Waals surface area contributed by atoms with Crippen LogP contribution in [0.25, 0.3) is 6.08 Å². The highest BCUT2D eigenvalue weighted by Crippen LogP contribution is 2.19. The zero-order valence-corrected chi connectivity index (χ0v) is 13.0. The van der Waals surface area contributed by atoms with E-state index in [1.165, 1.54) is 6.08 Å². The zero-order valence-electron chi connectivity index (χ0n) is 13.0. The van der Waals surface area contributed by atoms with Crippen LogP contribution in [0.3, 0.4) is 0 Å². The van der Waals surface area contributed by atoms with Crippen molar-refractivity contribution in [1.82, 2.24) is 5.32 Å². The number of para-hydroxylation sites is 1. The molecule has 0 atom stereocenters. The number of benzene rings is 2. The summed E-state index contributed by atoms with van der Waals surface area (Å²) < 4.78 is 5.51. The Morgan fingerprint density at radius 1 is 1.26 bits per heavy atom. The van der Waals surface area contributed by atoms with Gasteiger partial charge in [0.05, 0.1) is 18.2 Å². The molecule has 0 unspecified atom stereocenters. The summed E-state index contributed by atoms with van der Waals surface area (Å²) in [5.74, 6) is 0.555. The Bertz CT molecular complexity index is 745. The molecule has 2 aromatic carbocycles. The van der Waals surface area contributed by atoms with Crippen molar-refractivity contribution in [2.24, 2.45) is 0 Å². The predicted octanol–water partition coefficient (Wildman–Crippen LogP) is 3.29. The van der Waals surface area contributed by atoms with Gasteiger partial charge in [-0.05, 0) is 36.8 Å². The van der Waals surface area contributed by atoms with Gasteiger partial charge in [0.1, 0.15) is 5.75 Å². The van der Waals surface area contributed by atoms with Crippen LogP contribution in [0.1, 0.15) is 23.6 Å². The standard InChI is InChI=1S/C19H18N2O2/c1-2-23-18-9-4-3-8-17(18)10-11-19(22)21-14-16-7-5-6-15(12-16)13-20/h3-12H,2,14H2,1H3,(H,21,22)/b11-10+. The molecule has 0 heterocycles. The second-order valence-corrected chi connectivity index (χ2v) is 4.83. The van der Waals surface area contributed by atoms with Gasteiger partial charge in [-0.25, -0.2) is 0 Å². The van der Waals surface area contributed by atoms with E-state index >= 15 is 0 Å². The number of nitriles is 1. The fourth-order valence-corrected chi connectivity index (χ4v) is 2.07. The van der Waals surface area contributed by atoms with E-state index in [1.54, 1.807) is 24.3 Å². The van der Waals surface area contributed by atoms with Crippen LogP contribution in [0.2, 0.25) is 0 Å². The molecule has 0 radical (unpaired) electrons. The molecule has 23 heavy (non-hydrogen) atoms. The molecule has 4 heteroatoms. The van der Waals surface area contributed by atoms with Crippen molar-refractivity contribution < 1.29 is 9.53 Å². The summed E-state index contributed by atoms with van der Waals surface area (Å²) in [6, 6.07) is 16.8. The van der Waals surface area contributed by atoms with Crippen LogP contribution in [0.5, 0.6) is 5.75 Å². The van der Waals surface area contributed by atoms with Crippen molar-refractivity contribution in [3.63, 3.8) is 0 Å². The second-order valence-electron chi connectivity index (χ2n) is 4.83. The molecular formula is C19H18N2O2. The minimum atomic E-state index is -0.196. The van der Waals surface area contributed by atoms with E-state index in [2.05, 4.69) is 11.4 Å². The summed E-state index contributed by atoms with van der Waals surface area (Å²) in [5.41, 5.74) is 2.33. The van der Waals surface area contributed by atoms with Crippen molar-refractivity contribution in [3.8, 4) is 11.8 Å². The van der Waals surface area contributed by atoms with E-state index in [9.17, 15) is 4.79 Å². The second kappa shape index (κ2) is 8.40. The molecule has 0 fully saturated rings. The largest absolute Gasteiger partial charge is 0.493 e. The van der Waals surface area contributed by atoms with Gasteiger partial charge in [-0.1, -0.05) is 30.3 Å². The molecule has 4 nitrogen and oxygen atoms in total. The summed E-state index contributed by atoms with van der Waals surface area (Å²) >= 11 is 0. The van der Waals surface area contributed by atoms with Crippen LogP contribution < -0.4 is 10.1 Å². The van der Waals surface area contributed by atoms with Crippen molar-refractivity contribution in [2.45, 2.75) is 13.5 Å². The Labute approximate surface area is 136 Å². The number of rotatable bonds is 6. The molecule has 0 bridgehead atoms.